The molecule has 0 atom stereocenters. The molecule has 104 valence electrons. The monoisotopic (exact) mass is 304 g/mol. The lowest BCUT2D eigenvalue weighted by Gasteiger charge is -1.99. The minimum atomic E-state index is 0.692. The normalized spacial score (nSPS) is 10.2. The van der Waals surface area contributed by atoms with E-state index >= 15 is 0 Å². The first-order valence-electron chi connectivity index (χ1n) is 6.51. The lowest BCUT2D eigenvalue weighted by Crippen LogP contribution is -1.99. The Morgan fingerprint density at radius 3 is 2.80 bits per heavy atom. The van der Waals surface area contributed by atoms with Crippen LogP contribution in [0.15, 0.2) is 28.6 Å². The number of rotatable bonds is 7. The first kappa shape index (κ1) is 14.8. The van der Waals surface area contributed by atoms with E-state index < -0.39 is 0 Å². The van der Waals surface area contributed by atoms with Crippen LogP contribution in [0.2, 0.25) is 0 Å². The Morgan fingerprint density at radius 1 is 1.30 bits per heavy atom. The van der Waals surface area contributed by atoms with Gasteiger partial charge in [0.15, 0.2) is 4.34 Å². The highest BCUT2D eigenvalue weighted by atomic mass is 32.2. The fourth-order valence-electron chi connectivity index (χ4n) is 1.53. The van der Waals surface area contributed by atoms with Gasteiger partial charge in [0, 0.05) is 12.3 Å². The summed E-state index contributed by atoms with van der Waals surface area (Å²) in [4.78, 5) is 0. The number of thioether (sulfide) groups is 1. The Bertz CT molecular complexity index is 572. The molecule has 0 bridgehead atoms. The van der Waals surface area contributed by atoms with Crippen LogP contribution in [0.25, 0.3) is 0 Å². The molecule has 6 heteroatoms. The fraction of sp³-hybridized carbons (Fsp3) is 0.357. The van der Waals surface area contributed by atoms with Crippen molar-refractivity contribution >= 4 is 28.2 Å². The second-order valence-electron chi connectivity index (χ2n) is 4.25. The number of hydrogen-bond donors (Lipinski definition) is 1. The zero-order chi connectivity index (χ0) is 14.2. The number of nitrogens with zero attached hydrogens (tertiary/aromatic N) is 3. The van der Waals surface area contributed by atoms with Crippen LogP contribution in [0.5, 0.6) is 0 Å². The molecule has 0 unspecified atom stereocenters. The molecule has 0 aliphatic rings. The number of benzene rings is 1. The van der Waals surface area contributed by atoms with E-state index in [0.29, 0.717) is 5.56 Å². The molecule has 2 rings (SSSR count). The summed E-state index contributed by atoms with van der Waals surface area (Å²) in [6.07, 6.45) is 2.32. The lowest BCUT2D eigenvalue weighted by atomic mass is 10.2. The second kappa shape index (κ2) is 7.88. The first-order chi connectivity index (χ1) is 9.81. The van der Waals surface area contributed by atoms with Gasteiger partial charge in [0.2, 0.25) is 5.13 Å². The molecule has 0 aliphatic heterocycles. The van der Waals surface area contributed by atoms with Crippen LogP contribution < -0.4 is 5.32 Å². The van der Waals surface area contributed by atoms with Gasteiger partial charge in [-0.2, -0.15) is 5.26 Å². The van der Waals surface area contributed by atoms with Gasteiger partial charge in [-0.3, -0.25) is 0 Å². The smallest absolute Gasteiger partial charge is 0.206 e. The van der Waals surface area contributed by atoms with E-state index in [2.05, 4.69) is 28.5 Å². The van der Waals surface area contributed by atoms with Crippen LogP contribution in [0, 0.1) is 11.3 Å². The van der Waals surface area contributed by atoms with Gasteiger partial charge in [-0.05, 0) is 24.1 Å². The van der Waals surface area contributed by atoms with Gasteiger partial charge in [0.25, 0.3) is 0 Å². The number of aromatic nitrogens is 2. The molecule has 1 aromatic carbocycles. The standard InChI is InChI=1S/C14H16N4S2/c1-2-3-8-16-13-17-18-14(20-13)19-10-12-6-4-11(9-15)5-7-12/h4-7H,2-3,8,10H2,1H3,(H,16,17). The van der Waals surface area contributed by atoms with Gasteiger partial charge in [-0.1, -0.05) is 48.6 Å². The third-order valence-corrected chi connectivity index (χ3v) is 4.74. The van der Waals surface area contributed by atoms with Crippen LogP contribution >= 0.6 is 23.1 Å². The average Bonchev–Trinajstić information content (AvgIpc) is 2.94. The van der Waals surface area contributed by atoms with E-state index in [4.69, 9.17) is 5.26 Å². The number of nitriles is 1. The van der Waals surface area contributed by atoms with Crippen molar-refractivity contribution in [2.45, 2.75) is 29.9 Å². The van der Waals surface area contributed by atoms with Gasteiger partial charge in [-0.15, -0.1) is 10.2 Å². The quantitative estimate of drug-likeness (QED) is 0.620. The van der Waals surface area contributed by atoms with E-state index in [9.17, 15) is 0 Å². The zero-order valence-electron chi connectivity index (χ0n) is 11.3. The third kappa shape index (κ3) is 4.51. The molecule has 0 saturated carbocycles. The number of anilines is 1. The molecule has 2 aromatic rings. The molecular formula is C14H16N4S2. The van der Waals surface area contributed by atoms with Crippen molar-refractivity contribution in [3.63, 3.8) is 0 Å². The summed E-state index contributed by atoms with van der Waals surface area (Å²) in [5, 5.41) is 21.2. The number of hydrogen-bond acceptors (Lipinski definition) is 6. The molecular weight excluding hydrogens is 288 g/mol. The second-order valence-corrected chi connectivity index (χ2v) is 6.45. The third-order valence-electron chi connectivity index (χ3n) is 2.66. The fourth-order valence-corrected chi connectivity index (χ4v) is 3.27. The van der Waals surface area contributed by atoms with E-state index in [-0.39, 0.29) is 0 Å². The van der Waals surface area contributed by atoms with Crippen LogP contribution in [0.1, 0.15) is 30.9 Å². The predicted octanol–water partition coefficient (Wildman–Crippen LogP) is 3.91. The highest BCUT2D eigenvalue weighted by Crippen LogP contribution is 2.28. The number of nitrogens with one attached hydrogen (secondary N) is 1. The van der Waals surface area contributed by atoms with Crippen LogP contribution in [-0.2, 0) is 5.75 Å². The van der Waals surface area contributed by atoms with E-state index in [1.807, 2.05) is 24.3 Å². The van der Waals surface area contributed by atoms with Crippen molar-refractivity contribution < 1.29 is 0 Å². The summed E-state index contributed by atoms with van der Waals surface area (Å²) in [5.41, 5.74) is 1.88. The molecule has 0 amide bonds. The van der Waals surface area contributed by atoms with Crippen molar-refractivity contribution in [2.24, 2.45) is 0 Å². The van der Waals surface area contributed by atoms with E-state index in [1.165, 1.54) is 12.0 Å². The van der Waals surface area contributed by atoms with Crippen molar-refractivity contribution in [3.8, 4) is 6.07 Å². The Labute approximate surface area is 127 Å². The van der Waals surface area contributed by atoms with Gasteiger partial charge >= 0.3 is 0 Å². The van der Waals surface area contributed by atoms with Gasteiger partial charge in [0.05, 0.1) is 11.6 Å². The molecule has 0 fully saturated rings. The van der Waals surface area contributed by atoms with E-state index in [0.717, 1.165) is 28.2 Å². The maximum absolute atomic E-state index is 8.75. The molecule has 1 heterocycles. The predicted molar refractivity (Wildman–Crippen MR) is 84.0 cm³/mol. The summed E-state index contributed by atoms with van der Waals surface area (Å²) < 4.78 is 0.966. The minimum absolute atomic E-state index is 0.692. The van der Waals surface area contributed by atoms with E-state index in [1.54, 1.807) is 23.1 Å². The Morgan fingerprint density at radius 2 is 2.10 bits per heavy atom. The Kier molecular flexibility index (Phi) is 5.84. The molecule has 0 radical (unpaired) electrons. The van der Waals surface area contributed by atoms with Crippen molar-refractivity contribution in [1.29, 1.82) is 5.26 Å². The Balaban J connectivity index is 1.82. The largest absolute Gasteiger partial charge is 0.360 e. The van der Waals surface area contributed by atoms with Gasteiger partial charge in [0.1, 0.15) is 0 Å². The maximum Gasteiger partial charge on any atom is 0.206 e. The molecule has 0 aliphatic carbocycles. The maximum atomic E-state index is 8.75. The lowest BCUT2D eigenvalue weighted by molar-refractivity contribution is 0.830. The molecule has 1 aromatic heterocycles. The van der Waals surface area contributed by atoms with Crippen LogP contribution in [-0.4, -0.2) is 16.7 Å². The molecule has 4 nitrogen and oxygen atoms in total. The summed E-state index contributed by atoms with van der Waals surface area (Å²) in [7, 11) is 0. The minimum Gasteiger partial charge on any atom is -0.360 e. The number of unbranched alkanes of at least 4 members (excludes halogenated alkanes) is 1. The van der Waals surface area contributed by atoms with Crippen molar-refractivity contribution in [3.05, 3.63) is 35.4 Å². The summed E-state index contributed by atoms with van der Waals surface area (Å²) in [5.74, 6) is 0.843. The average molecular weight is 304 g/mol. The highest BCUT2D eigenvalue weighted by Gasteiger charge is 2.04. The summed E-state index contributed by atoms with van der Waals surface area (Å²) >= 11 is 3.26. The topological polar surface area (TPSA) is 61.6 Å². The molecule has 20 heavy (non-hydrogen) atoms. The first-order valence-corrected chi connectivity index (χ1v) is 8.31. The summed E-state index contributed by atoms with van der Waals surface area (Å²) in [6, 6.07) is 9.76. The zero-order valence-corrected chi connectivity index (χ0v) is 12.9. The summed E-state index contributed by atoms with van der Waals surface area (Å²) in [6.45, 7) is 3.12. The van der Waals surface area contributed by atoms with Crippen molar-refractivity contribution in [1.82, 2.24) is 10.2 Å². The highest BCUT2D eigenvalue weighted by molar-refractivity contribution is 8.00. The van der Waals surface area contributed by atoms with Crippen LogP contribution in [0.4, 0.5) is 5.13 Å². The van der Waals surface area contributed by atoms with Crippen molar-refractivity contribution in [2.75, 3.05) is 11.9 Å². The SMILES string of the molecule is CCCCNc1nnc(SCc2ccc(C#N)cc2)s1. The molecule has 0 spiro atoms. The van der Waals surface area contributed by atoms with Gasteiger partial charge < -0.3 is 5.32 Å². The van der Waals surface area contributed by atoms with Crippen LogP contribution in [0.3, 0.4) is 0 Å². The molecule has 1 N–H and O–H groups in total. The van der Waals surface area contributed by atoms with Gasteiger partial charge in [-0.25, -0.2) is 0 Å². The molecule has 0 saturated heterocycles. The Hall–Kier alpha value is -1.58.